The van der Waals surface area contributed by atoms with Gasteiger partial charge in [0.1, 0.15) is 5.75 Å². The van der Waals surface area contributed by atoms with Gasteiger partial charge in [0.05, 0.1) is 6.07 Å². The molecule has 0 aromatic heterocycles. The lowest BCUT2D eigenvalue weighted by atomic mass is 10.1. The van der Waals surface area contributed by atoms with E-state index in [1.54, 1.807) is 36.4 Å². The summed E-state index contributed by atoms with van der Waals surface area (Å²) in [5.41, 5.74) is 0.409. The van der Waals surface area contributed by atoms with Crippen LogP contribution in [0, 0.1) is 17.1 Å². The van der Waals surface area contributed by atoms with Crippen molar-refractivity contribution < 1.29 is 14.2 Å². The Kier molecular flexibility index (Phi) is 3.56. The first-order valence-corrected chi connectivity index (χ1v) is 5.31. The second-order valence-electron chi connectivity index (χ2n) is 3.64. The van der Waals surface area contributed by atoms with Crippen LogP contribution in [0.4, 0.5) is 4.39 Å². The van der Waals surface area contributed by atoms with Crippen molar-refractivity contribution in [1.82, 2.24) is 0 Å². The summed E-state index contributed by atoms with van der Waals surface area (Å²) < 4.78 is 18.7. The van der Waals surface area contributed by atoms with Crippen LogP contribution in [0.15, 0.2) is 48.5 Å². The van der Waals surface area contributed by atoms with E-state index in [0.29, 0.717) is 11.3 Å². The molecule has 2 aromatic carbocycles. The van der Waals surface area contributed by atoms with Crippen LogP contribution in [-0.2, 0) is 0 Å². The van der Waals surface area contributed by atoms with E-state index in [1.807, 2.05) is 0 Å². The number of para-hydroxylation sites is 1. The van der Waals surface area contributed by atoms with Crippen molar-refractivity contribution in [1.29, 1.82) is 5.26 Å². The lowest BCUT2D eigenvalue weighted by Crippen LogP contribution is -1.94. The molecule has 0 radical (unpaired) electrons. The molecule has 1 N–H and O–H groups in total. The van der Waals surface area contributed by atoms with E-state index in [1.165, 1.54) is 18.2 Å². The smallest absolute Gasteiger partial charge is 0.166 e. The number of benzene rings is 2. The maximum Gasteiger partial charge on any atom is 0.166 e. The number of aliphatic hydroxyl groups is 1. The molecule has 2 aromatic rings. The second kappa shape index (κ2) is 5.30. The second-order valence-corrected chi connectivity index (χ2v) is 3.64. The van der Waals surface area contributed by atoms with E-state index in [4.69, 9.17) is 10.00 Å². The zero-order valence-corrected chi connectivity index (χ0v) is 9.38. The molecule has 0 spiro atoms. The van der Waals surface area contributed by atoms with Gasteiger partial charge in [-0.05, 0) is 29.8 Å². The van der Waals surface area contributed by atoms with E-state index >= 15 is 0 Å². The lowest BCUT2D eigenvalue weighted by molar-refractivity contribution is 0.235. The van der Waals surface area contributed by atoms with Crippen LogP contribution in [0.3, 0.4) is 0 Å². The monoisotopic (exact) mass is 243 g/mol. The highest BCUT2D eigenvalue weighted by molar-refractivity contribution is 5.36. The fraction of sp³-hybridized carbons (Fsp3) is 0.0714. The summed E-state index contributed by atoms with van der Waals surface area (Å²) in [6.45, 7) is 0. The molecule has 18 heavy (non-hydrogen) atoms. The van der Waals surface area contributed by atoms with Gasteiger partial charge in [0.15, 0.2) is 17.7 Å². The molecule has 0 saturated heterocycles. The SMILES string of the molecule is N#CC(O)c1cccc(Oc2ccccc2F)c1. The van der Waals surface area contributed by atoms with E-state index in [9.17, 15) is 9.50 Å². The van der Waals surface area contributed by atoms with Gasteiger partial charge in [-0.1, -0.05) is 24.3 Å². The Labute approximate surface area is 104 Å². The van der Waals surface area contributed by atoms with E-state index < -0.39 is 11.9 Å². The van der Waals surface area contributed by atoms with Crippen molar-refractivity contribution >= 4 is 0 Å². The van der Waals surface area contributed by atoms with Crippen molar-refractivity contribution in [2.24, 2.45) is 0 Å². The fourth-order valence-electron chi connectivity index (χ4n) is 1.48. The molecule has 1 atom stereocenters. The Bertz CT molecular complexity index is 592. The van der Waals surface area contributed by atoms with Gasteiger partial charge in [-0.15, -0.1) is 0 Å². The fourth-order valence-corrected chi connectivity index (χ4v) is 1.48. The van der Waals surface area contributed by atoms with Gasteiger partial charge in [0.2, 0.25) is 0 Å². The van der Waals surface area contributed by atoms with Crippen molar-refractivity contribution in [3.63, 3.8) is 0 Å². The summed E-state index contributed by atoms with van der Waals surface area (Å²) in [6, 6.07) is 14.1. The van der Waals surface area contributed by atoms with Crippen molar-refractivity contribution in [3.05, 3.63) is 59.9 Å². The quantitative estimate of drug-likeness (QED) is 0.842. The van der Waals surface area contributed by atoms with Gasteiger partial charge in [-0.2, -0.15) is 5.26 Å². The van der Waals surface area contributed by atoms with Crippen LogP contribution in [0.1, 0.15) is 11.7 Å². The first kappa shape index (κ1) is 12.1. The predicted octanol–water partition coefficient (Wildman–Crippen LogP) is 3.17. The molecular weight excluding hydrogens is 233 g/mol. The number of ether oxygens (including phenoxy) is 1. The molecule has 1 unspecified atom stereocenters. The van der Waals surface area contributed by atoms with Gasteiger partial charge < -0.3 is 9.84 Å². The average molecular weight is 243 g/mol. The summed E-state index contributed by atoms with van der Waals surface area (Å²) in [5, 5.41) is 18.0. The lowest BCUT2D eigenvalue weighted by Gasteiger charge is -2.08. The zero-order valence-electron chi connectivity index (χ0n) is 9.38. The highest BCUT2D eigenvalue weighted by Gasteiger charge is 2.08. The summed E-state index contributed by atoms with van der Waals surface area (Å²) in [4.78, 5) is 0. The molecule has 0 saturated carbocycles. The normalized spacial score (nSPS) is 11.6. The van der Waals surface area contributed by atoms with Crippen LogP contribution in [0.25, 0.3) is 0 Å². The van der Waals surface area contributed by atoms with Crippen LogP contribution < -0.4 is 4.74 Å². The maximum absolute atomic E-state index is 13.4. The summed E-state index contributed by atoms with van der Waals surface area (Å²) >= 11 is 0. The Morgan fingerprint density at radius 2 is 1.94 bits per heavy atom. The molecule has 0 bridgehead atoms. The Hall–Kier alpha value is -2.38. The molecule has 0 amide bonds. The molecule has 3 nitrogen and oxygen atoms in total. The zero-order chi connectivity index (χ0) is 13.0. The standard InChI is InChI=1S/C14H10FNO2/c15-12-6-1-2-7-14(12)18-11-5-3-4-10(8-11)13(17)9-16/h1-8,13,17H. The van der Waals surface area contributed by atoms with Crippen molar-refractivity contribution in [2.45, 2.75) is 6.10 Å². The number of nitrogens with zero attached hydrogens (tertiary/aromatic N) is 1. The van der Waals surface area contributed by atoms with Crippen LogP contribution in [0.5, 0.6) is 11.5 Å². The first-order chi connectivity index (χ1) is 8.70. The third kappa shape index (κ3) is 2.65. The van der Waals surface area contributed by atoms with E-state index in [2.05, 4.69) is 0 Å². The minimum atomic E-state index is -1.21. The van der Waals surface area contributed by atoms with E-state index in [0.717, 1.165) is 0 Å². The Morgan fingerprint density at radius 1 is 1.17 bits per heavy atom. The number of nitriles is 1. The van der Waals surface area contributed by atoms with Gasteiger partial charge in [0.25, 0.3) is 0 Å². The molecule has 4 heteroatoms. The van der Waals surface area contributed by atoms with Crippen LogP contribution >= 0.6 is 0 Å². The largest absolute Gasteiger partial charge is 0.454 e. The number of halogens is 1. The summed E-state index contributed by atoms with van der Waals surface area (Å²) in [7, 11) is 0. The number of aliphatic hydroxyl groups excluding tert-OH is 1. The van der Waals surface area contributed by atoms with Gasteiger partial charge in [-0.25, -0.2) is 4.39 Å². The molecule has 90 valence electrons. The molecule has 0 fully saturated rings. The Balaban J connectivity index is 2.26. The number of hydrogen-bond donors (Lipinski definition) is 1. The molecule has 0 aliphatic carbocycles. The third-order valence-electron chi connectivity index (χ3n) is 2.36. The topological polar surface area (TPSA) is 53.2 Å². The third-order valence-corrected chi connectivity index (χ3v) is 2.36. The Morgan fingerprint density at radius 3 is 2.67 bits per heavy atom. The van der Waals surface area contributed by atoms with Crippen LogP contribution in [-0.4, -0.2) is 5.11 Å². The highest BCUT2D eigenvalue weighted by atomic mass is 19.1. The first-order valence-electron chi connectivity index (χ1n) is 5.31. The summed E-state index contributed by atoms with van der Waals surface area (Å²) in [5.74, 6) is -0.00303. The van der Waals surface area contributed by atoms with Gasteiger partial charge in [0, 0.05) is 0 Å². The minimum absolute atomic E-state index is 0.0982. The minimum Gasteiger partial charge on any atom is -0.454 e. The summed E-state index contributed by atoms with van der Waals surface area (Å²) in [6.07, 6.45) is -1.21. The van der Waals surface area contributed by atoms with Gasteiger partial charge >= 0.3 is 0 Å². The predicted molar refractivity (Wildman–Crippen MR) is 63.5 cm³/mol. The molecule has 2 rings (SSSR count). The number of hydrogen-bond acceptors (Lipinski definition) is 3. The molecular formula is C14H10FNO2. The van der Waals surface area contributed by atoms with E-state index in [-0.39, 0.29) is 5.75 Å². The van der Waals surface area contributed by atoms with Crippen LogP contribution in [0.2, 0.25) is 0 Å². The van der Waals surface area contributed by atoms with Gasteiger partial charge in [-0.3, -0.25) is 0 Å². The van der Waals surface area contributed by atoms with Crippen molar-refractivity contribution in [2.75, 3.05) is 0 Å². The molecule has 0 heterocycles. The average Bonchev–Trinajstić information content (AvgIpc) is 2.41. The number of rotatable bonds is 3. The van der Waals surface area contributed by atoms with Crippen molar-refractivity contribution in [3.8, 4) is 17.6 Å². The maximum atomic E-state index is 13.4. The highest BCUT2D eigenvalue weighted by Crippen LogP contribution is 2.26. The molecule has 0 aliphatic rings. The molecule has 0 aliphatic heterocycles.